The van der Waals surface area contributed by atoms with Crippen molar-refractivity contribution in [3.63, 3.8) is 0 Å². The van der Waals surface area contributed by atoms with Crippen molar-refractivity contribution in [3.05, 3.63) is 58.4 Å². The molecule has 0 saturated heterocycles. The molecule has 0 spiro atoms. The van der Waals surface area contributed by atoms with Gasteiger partial charge in [-0.1, -0.05) is 29.0 Å². The van der Waals surface area contributed by atoms with Gasteiger partial charge >= 0.3 is 0 Å². The van der Waals surface area contributed by atoms with Crippen molar-refractivity contribution >= 4 is 11.8 Å². The van der Waals surface area contributed by atoms with E-state index < -0.39 is 0 Å². The monoisotopic (exact) mass is 372 g/mol. The van der Waals surface area contributed by atoms with E-state index in [9.17, 15) is 4.39 Å². The first kappa shape index (κ1) is 17.1. The number of thioether (sulfide) groups is 1. The summed E-state index contributed by atoms with van der Waals surface area (Å²) in [6.07, 6.45) is 0. The van der Waals surface area contributed by atoms with Crippen LogP contribution in [0.1, 0.15) is 22.3 Å². The fourth-order valence-electron chi connectivity index (χ4n) is 2.99. The van der Waals surface area contributed by atoms with Crippen LogP contribution in [0.2, 0.25) is 0 Å². The topological polar surface area (TPSA) is 57.4 Å². The predicted octanol–water partition coefficient (Wildman–Crippen LogP) is 4.65. The van der Waals surface area contributed by atoms with E-state index in [1.165, 1.54) is 23.9 Å². The van der Waals surface area contributed by atoms with Gasteiger partial charge in [-0.05, 0) is 38.1 Å². The molecule has 1 aliphatic rings. The average molecular weight is 372 g/mol. The molecule has 2 aromatic carbocycles. The molecule has 1 aliphatic heterocycles. The van der Waals surface area contributed by atoms with Gasteiger partial charge < -0.3 is 13.9 Å². The molecule has 0 saturated carbocycles. The van der Waals surface area contributed by atoms with Crippen molar-refractivity contribution in [3.8, 4) is 17.2 Å². The van der Waals surface area contributed by atoms with E-state index in [0.29, 0.717) is 34.8 Å². The first-order valence-corrected chi connectivity index (χ1v) is 9.14. The van der Waals surface area contributed by atoms with E-state index in [0.717, 1.165) is 22.3 Å². The van der Waals surface area contributed by atoms with E-state index in [-0.39, 0.29) is 12.6 Å². The Morgan fingerprint density at radius 1 is 1.08 bits per heavy atom. The third-order valence-corrected chi connectivity index (χ3v) is 4.85. The van der Waals surface area contributed by atoms with Crippen LogP contribution in [0, 0.1) is 19.7 Å². The van der Waals surface area contributed by atoms with Gasteiger partial charge in [-0.2, -0.15) is 0 Å². The van der Waals surface area contributed by atoms with Crippen molar-refractivity contribution in [1.82, 2.24) is 10.2 Å². The van der Waals surface area contributed by atoms with Crippen molar-refractivity contribution in [2.45, 2.75) is 31.4 Å². The molecule has 0 atom stereocenters. The third-order valence-electron chi connectivity index (χ3n) is 3.98. The average Bonchev–Trinajstić information content (AvgIpc) is 3.08. The van der Waals surface area contributed by atoms with Crippen LogP contribution >= 0.6 is 11.8 Å². The van der Waals surface area contributed by atoms with Crippen LogP contribution < -0.4 is 4.74 Å². The zero-order valence-corrected chi connectivity index (χ0v) is 15.2. The van der Waals surface area contributed by atoms with E-state index >= 15 is 0 Å². The first-order valence-electron chi connectivity index (χ1n) is 8.15. The number of aryl methyl sites for hydroxylation is 2. The molecule has 5 nitrogen and oxygen atoms in total. The second-order valence-electron chi connectivity index (χ2n) is 6.20. The first-order chi connectivity index (χ1) is 12.6. The maximum Gasteiger partial charge on any atom is 0.277 e. The number of aromatic nitrogens is 2. The molecule has 7 heteroatoms. The zero-order valence-electron chi connectivity index (χ0n) is 14.4. The Hall–Kier alpha value is -2.38. The van der Waals surface area contributed by atoms with Crippen LogP contribution in [0.4, 0.5) is 4.39 Å². The highest BCUT2D eigenvalue weighted by Gasteiger charge is 2.18. The fraction of sp³-hybridized carbons (Fsp3) is 0.263. The molecule has 4 rings (SSSR count). The summed E-state index contributed by atoms with van der Waals surface area (Å²) in [6, 6.07) is 9.01. The number of ether oxygens (including phenoxy) is 2. The van der Waals surface area contributed by atoms with E-state index in [2.05, 4.69) is 16.3 Å². The number of rotatable bonds is 4. The van der Waals surface area contributed by atoms with Gasteiger partial charge in [0.15, 0.2) is 6.79 Å². The number of halogens is 1. The van der Waals surface area contributed by atoms with Crippen LogP contribution in [-0.4, -0.2) is 17.0 Å². The molecule has 0 fully saturated rings. The number of nitrogens with zero attached hydrogens (tertiary/aromatic N) is 2. The lowest BCUT2D eigenvalue weighted by molar-refractivity contribution is -0.0171. The predicted molar refractivity (Wildman–Crippen MR) is 95.5 cm³/mol. The van der Waals surface area contributed by atoms with Gasteiger partial charge in [0, 0.05) is 22.4 Å². The number of hydrogen-bond donors (Lipinski definition) is 0. The minimum atomic E-state index is -0.310. The summed E-state index contributed by atoms with van der Waals surface area (Å²) in [4.78, 5) is 0. The van der Waals surface area contributed by atoms with Crippen molar-refractivity contribution < 1.29 is 18.3 Å². The second kappa shape index (κ2) is 7.09. The standard InChI is InChI=1S/C19H17FN2O3S/c1-11-3-12(2)5-13(4-11)18-21-22-19(25-18)26-9-15-7-16(20)6-14-8-23-10-24-17(14)15/h3-7H,8-10H2,1-2H3. The lowest BCUT2D eigenvalue weighted by Gasteiger charge is -2.20. The van der Waals surface area contributed by atoms with Gasteiger partial charge in [-0.25, -0.2) is 4.39 Å². The Balaban J connectivity index is 1.53. The zero-order chi connectivity index (χ0) is 18.1. The summed E-state index contributed by atoms with van der Waals surface area (Å²) in [5.74, 6) is 1.31. The molecule has 134 valence electrons. The maximum absolute atomic E-state index is 13.8. The number of fused-ring (bicyclic) bond motifs is 1. The lowest BCUT2D eigenvalue weighted by atomic mass is 10.1. The smallest absolute Gasteiger partial charge is 0.277 e. The summed E-state index contributed by atoms with van der Waals surface area (Å²) < 4.78 is 30.3. The molecule has 0 bridgehead atoms. The summed E-state index contributed by atoms with van der Waals surface area (Å²) >= 11 is 1.35. The number of benzene rings is 2. The molecule has 3 aromatic rings. The van der Waals surface area contributed by atoms with Crippen LogP contribution in [0.5, 0.6) is 5.75 Å². The SMILES string of the molecule is Cc1cc(C)cc(-c2nnc(SCc3cc(F)cc4c3OCOC4)o2)c1. The fourth-order valence-corrected chi connectivity index (χ4v) is 3.72. The molecule has 0 radical (unpaired) electrons. The summed E-state index contributed by atoms with van der Waals surface area (Å²) in [5.41, 5.74) is 4.63. The van der Waals surface area contributed by atoms with Crippen LogP contribution in [0.3, 0.4) is 0 Å². The molecule has 0 unspecified atom stereocenters. The highest BCUT2D eigenvalue weighted by atomic mass is 32.2. The summed E-state index contributed by atoms with van der Waals surface area (Å²) in [6.45, 7) is 4.58. The summed E-state index contributed by atoms with van der Waals surface area (Å²) in [7, 11) is 0. The second-order valence-corrected chi connectivity index (χ2v) is 7.13. The minimum Gasteiger partial charge on any atom is -0.467 e. The van der Waals surface area contributed by atoms with E-state index in [4.69, 9.17) is 13.9 Å². The Labute approximate surface area is 154 Å². The Bertz CT molecular complexity index is 938. The van der Waals surface area contributed by atoms with Crippen LogP contribution in [0.25, 0.3) is 11.5 Å². The quantitative estimate of drug-likeness (QED) is 0.621. The molecular weight excluding hydrogens is 355 g/mol. The van der Waals surface area contributed by atoms with Crippen molar-refractivity contribution in [2.24, 2.45) is 0 Å². The van der Waals surface area contributed by atoms with Crippen molar-refractivity contribution in [1.29, 1.82) is 0 Å². The molecular formula is C19H17FN2O3S. The third kappa shape index (κ3) is 3.59. The molecule has 0 N–H and O–H groups in total. The molecule has 26 heavy (non-hydrogen) atoms. The van der Waals surface area contributed by atoms with Gasteiger partial charge in [-0.3, -0.25) is 0 Å². The van der Waals surface area contributed by atoms with Gasteiger partial charge in [0.1, 0.15) is 11.6 Å². The number of hydrogen-bond acceptors (Lipinski definition) is 6. The molecule has 1 aromatic heterocycles. The molecule has 2 heterocycles. The lowest BCUT2D eigenvalue weighted by Crippen LogP contribution is -2.13. The molecule has 0 amide bonds. The Morgan fingerprint density at radius 3 is 2.69 bits per heavy atom. The van der Waals surface area contributed by atoms with E-state index in [1.807, 2.05) is 26.0 Å². The maximum atomic E-state index is 13.8. The van der Waals surface area contributed by atoms with Gasteiger partial charge in [0.25, 0.3) is 5.22 Å². The highest BCUT2D eigenvalue weighted by molar-refractivity contribution is 7.98. The summed E-state index contributed by atoms with van der Waals surface area (Å²) in [5, 5.41) is 8.65. The normalized spacial score (nSPS) is 13.3. The highest BCUT2D eigenvalue weighted by Crippen LogP contribution is 2.34. The van der Waals surface area contributed by atoms with Crippen LogP contribution in [-0.2, 0) is 17.1 Å². The Morgan fingerprint density at radius 2 is 1.88 bits per heavy atom. The van der Waals surface area contributed by atoms with Gasteiger partial charge in [0.05, 0.1) is 6.61 Å². The van der Waals surface area contributed by atoms with Crippen molar-refractivity contribution in [2.75, 3.05) is 6.79 Å². The van der Waals surface area contributed by atoms with E-state index in [1.54, 1.807) is 0 Å². The van der Waals surface area contributed by atoms with Gasteiger partial charge in [0.2, 0.25) is 5.89 Å². The molecule has 0 aliphatic carbocycles. The Kier molecular flexibility index (Phi) is 4.65. The van der Waals surface area contributed by atoms with Gasteiger partial charge in [-0.15, -0.1) is 10.2 Å². The van der Waals surface area contributed by atoms with Crippen LogP contribution in [0.15, 0.2) is 40.0 Å². The minimum absolute atomic E-state index is 0.174. The largest absolute Gasteiger partial charge is 0.467 e.